The van der Waals surface area contributed by atoms with E-state index in [4.69, 9.17) is 5.84 Å². The van der Waals surface area contributed by atoms with Crippen molar-refractivity contribution in [2.75, 3.05) is 44.2 Å². The minimum atomic E-state index is 0.973. The summed E-state index contributed by atoms with van der Waals surface area (Å²) in [6, 6.07) is 21.3. The second-order valence-corrected chi connectivity index (χ2v) is 6.05. The molecule has 1 aliphatic rings. The summed E-state index contributed by atoms with van der Waals surface area (Å²) in [5.74, 6) is 5.82. The molecule has 122 valence electrons. The van der Waals surface area contributed by atoms with Gasteiger partial charge in [-0.05, 0) is 37.2 Å². The van der Waals surface area contributed by atoms with Crippen LogP contribution in [0, 0.1) is 0 Å². The highest BCUT2D eigenvalue weighted by Gasteiger charge is 2.14. The maximum Gasteiger partial charge on any atom is 0.0410 e. The first-order chi connectivity index (χ1) is 11.3. The first-order valence-corrected chi connectivity index (χ1v) is 8.42. The van der Waals surface area contributed by atoms with Gasteiger partial charge in [-0.25, -0.2) is 5.01 Å². The van der Waals surface area contributed by atoms with Crippen LogP contribution in [0.5, 0.6) is 0 Å². The van der Waals surface area contributed by atoms with Crippen LogP contribution < -0.4 is 10.7 Å². The van der Waals surface area contributed by atoms with Gasteiger partial charge in [0.2, 0.25) is 0 Å². The van der Waals surface area contributed by atoms with Crippen LogP contribution in [-0.2, 0) is 0 Å². The van der Waals surface area contributed by atoms with Gasteiger partial charge in [-0.3, -0.25) is 5.84 Å². The molecule has 2 N–H and O–H groups in total. The monoisotopic (exact) mass is 310 g/mol. The van der Waals surface area contributed by atoms with Crippen molar-refractivity contribution in [3.8, 4) is 0 Å². The number of hydrazine groups is 1. The number of nitrogens with zero attached hydrogens (tertiary/aromatic N) is 3. The summed E-state index contributed by atoms with van der Waals surface area (Å²) in [7, 11) is 0. The number of piperazine rings is 1. The molecule has 2 aromatic rings. The quantitative estimate of drug-likeness (QED) is 0.832. The maximum atomic E-state index is 5.82. The van der Waals surface area contributed by atoms with Crippen molar-refractivity contribution in [3.63, 3.8) is 0 Å². The van der Waals surface area contributed by atoms with Crippen LogP contribution >= 0.6 is 0 Å². The molecule has 1 saturated heterocycles. The molecule has 0 saturated carbocycles. The van der Waals surface area contributed by atoms with E-state index in [9.17, 15) is 0 Å². The Morgan fingerprint density at radius 1 is 0.783 bits per heavy atom. The molecule has 3 rings (SSSR count). The second-order valence-electron chi connectivity index (χ2n) is 6.05. The Balaban J connectivity index is 1.61. The molecule has 2 aromatic carbocycles. The number of rotatable bonds is 6. The van der Waals surface area contributed by atoms with E-state index < -0.39 is 0 Å². The van der Waals surface area contributed by atoms with Gasteiger partial charge in [0.05, 0.1) is 0 Å². The molecule has 0 radical (unpaired) electrons. The summed E-state index contributed by atoms with van der Waals surface area (Å²) in [6.45, 7) is 6.25. The van der Waals surface area contributed by atoms with Gasteiger partial charge >= 0.3 is 0 Å². The number of nitrogens with two attached hydrogens (primary N) is 1. The van der Waals surface area contributed by atoms with Gasteiger partial charge in [-0.2, -0.15) is 0 Å². The van der Waals surface area contributed by atoms with Crippen LogP contribution in [0.25, 0.3) is 0 Å². The van der Waals surface area contributed by atoms with E-state index >= 15 is 0 Å². The summed E-state index contributed by atoms with van der Waals surface area (Å²) in [5.41, 5.74) is 2.51. The van der Waals surface area contributed by atoms with E-state index in [-0.39, 0.29) is 0 Å². The van der Waals surface area contributed by atoms with Crippen molar-refractivity contribution in [1.82, 2.24) is 9.91 Å². The summed E-state index contributed by atoms with van der Waals surface area (Å²) < 4.78 is 0. The Hall–Kier alpha value is -1.88. The van der Waals surface area contributed by atoms with Crippen molar-refractivity contribution in [1.29, 1.82) is 0 Å². The maximum absolute atomic E-state index is 5.82. The molecule has 0 aliphatic carbocycles. The van der Waals surface area contributed by atoms with Crippen LogP contribution in [0.3, 0.4) is 0 Å². The number of benzene rings is 2. The minimum Gasteiger partial charge on any atom is -0.341 e. The van der Waals surface area contributed by atoms with E-state index in [2.05, 4.69) is 70.5 Å². The topological polar surface area (TPSA) is 35.7 Å². The van der Waals surface area contributed by atoms with E-state index in [1.807, 2.05) is 5.01 Å². The van der Waals surface area contributed by atoms with Crippen LogP contribution in [0.15, 0.2) is 60.7 Å². The van der Waals surface area contributed by atoms with E-state index in [1.54, 1.807) is 0 Å². The Labute approximate surface area is 139 Å². The molecule has 0 atom stereocenters. The van der Waals surface area contributed by atoms with Gasteiger partial charge in [0.1, 0.15) is 0 Å². The second kappa shape index (κ2) is 8.11. The SMILES string of the molecule is NN1CCN(CCCN(c2ccccc2)c2ccccc2)CC1. The molecule has 0 bridgehead atoms. The van der Waals surface area contributed by atoms with Gasteiger partial charge in [0.15, 0.2) is 0 Å². The van der Waals surface area contributed by atoms with Gasteiger partial charge in [0.25, 0.3) is 0 Å². The molecule has 4 nitrogen and oxygen atoms in total. The third-order valence-electron chi connectivity index (χ3n) is 4.40. The van der Waals surface area contributed by atoms with Crippen LogP contribution in [0.4, 0.5) is 11.4 Å². The summed E-state index contributed by atoms with van der Waals surface area (Å²) in [5, 5.41) is 1.91. The first kappa shape index (κ1) is 16.0. The van der Waals surface area contributed by atoms with Crippen LogP contribution in [0.1, 0.15) is 6.42 Å². The van der Waals surface area contributed by atoms with Crippen LogP contribution in [-0.4, -0.2) is 49.2 Å². The average molecular weight is 310 g/mol. The highest BCUT2D eigenvalue weighted by molar-refractivity contribution is 5.62. The molecule has 0 aromatic heterocycles. The lowest BCUT2D eigenvalue weighted by atomic mass is 10.2. The van der Waals surface area contributed by atoms with Crippen molar-refractivity contribution in [3.05, 3.63) is 60.7 Å². The van der Waals surface area contributed by atoms with E-state index in [1.165, 1.54) is 11.4 Å². The Morgan fingerprint density at radius 2 is 1.30 bits per heavy atom. The molecule has 23 heavy (non-hydrogen) atoms. The molecule has 0 unspecified atom stereocenters. The van der Waals surface area contributed by atoms with Crippen molar-refractivity contribution in [2.45, 2.75) is 6.42 Å². The zero-order chi connectivity index (χ0) is 15.9. The molecular weight excluding hydrogens is 284 g/mol. The van der Waals surface area contributed by atoms with Crippen LogP contribution in [0.2, 0.25) is 0 Å². The van der Waals surface area contributed by atoms with Gasteiger partial charge in [-0.1, -0.05) is 36.4 Å². The molecule has 1 heterocycles. The average Bonchev–Trinajstić information content (AvgIpc) is 2.62. The predicted octanol–water partition coefficient (Wildman–Crippen LogP) is 2.71. The highest BCUT2D eigenvalue weighted by atomic mass is 15.4. The number of para-hydroxylation sites is 2. The fourth-order valence-electron chi connectivity index (χ4n) is 3.06. The zero-order valence-electron chi connectivity index (χ0n) is 13.6. The minimum absolute atomic E-state index is 0.973. The van der Waals surface area contributed by atoms with Crippen molar-refractivity contribution in [2.24, 2.45) is 5.84 Å². The fraction of sp³-hybridized carbons (Fsp3) is 0.368. The Morgan fingerprint density at radius 3 is 1.83 bits per heavy atom. The molecule has 1 fully saturated rings. The first-order valence-electron chi connectivity index (χ1n) is 8.42. The standard InChI is InChI=1S/C19H26N4/c20-22-16-14-21(15-17-22)12-7-13-23(18-8-3-1-4-9-18)19-10-5-2-6-11-19/h1-6,8-11H,7,12-17,20H2. The van der Waals surface area contributed by atoms with Gasteiger partial charge in [0, 0.05) is 44.1 Å². The largest absolute Gasteiger partial charge is 0.341 e. The van der Waals surface area contributed by atoms with E-state index in [0.29, 0.717) is 0 Å². The third kappa shape index (κ3) is 4.55. The van der Waals surface area contributed by atoms with Gasteiger partial charge < -0.3 is 9.80 Å². The normalized spacial score (nSPS) is 16.4. The lowest BCUT2D eigenvalue weighted by Gasteiger charge is -2.33. The number of anilines is 2. The van der Waals surface area contributed by atoms with Gasteiger partial charge in [-0.15, -0.1) is 0 Å². The molecule has 0 amide bonds. The predicted molar refractivity (Wildman–Crippen MR) is 96.7 cm³/mol. The summed E-state index contributed by atoms with van der Waals surface area (Å²) >= 11 is 0. The highest BCUT2D eigenvalue weighted by Crippen LogP contribution is 2.24. The van der Waals surface area contributed by atoms with Crippen molar-refractivity contribution >= 4 is 11.4 Å². The zero-order valence-corrected chi connectivity index (χ0v) is 13.6. The molecular formula is C19H26N4. The van der Waals surface area contributed by atoms with Crippen molar-refractivity contribution < 1.29 is 0 Å². The molecule has 4 heteroatoms. The number of hydrogen-bond acceptors (Lipinski definition) is 4. The molecule has 1 aliphatic heterocycles. The molecule has 0 spiro atoms. The summed E-state index contributed by atoms with van der Waals surface area (Å²) in [4.78, 5) is 4.91. The van der Waals surface area contributed by atoms with E-state index in [0.717, 1.165) is 45.7 Å². The summed E-state index contributed by atoms with van der Waals surface area (Å²) in [6.07, 6.45) is 1.15. The fourth-order valence-corrected chi connectivity index (χ4v) is 3.06. The lowest BCUT2D eigenvalue weighted by Crippen LogP contribution is -2.49. The third-order valence-corrected chi connectivity index (χ3v) is 4.40. The lowest BCUT2D eigenvalue weighted by molar-refractivity contribution is 0.133. The number of hydrogen-bond donors (Lipinski definition) is 1. The Bertz CT molecular complexity index is 525. The Kier molecular flexibility index (Phi) is 5.64. The smallest absolute Gasteiger partial charge is 0.0410 e.